The minimum Gasteiger partial charge on any atom is -0.468 e. The normalized spacial score (nSPS) is 13.0. The smallest absolute Gasteiger partial charge is 0.325 e. The molecular formula is C17H18N4O3. The second kappa shape index (κ2) is 6.66. The highest BCUT2D eigenvalue weighted by Gasteiger charge is 2.26. The summed E-state index contributed by atoms with van der Waals surface area (Å²) >= 11 is 0. The van der Waals surface area contributed by atoms with E-state index in [0.717, 1.165) is 11.1 Å². The molecule has 7 nitrogen and oxygen atoms in total. The number of likely N-dealkylation sites (N-methyl/N-ethyl adjacent to an activating group) is 1. The number of methoxy groups -OCH3 is 1. The van der Waals surface area contributed by atoms with Crippen molar-refractivity contribution in [3.63, 3.8) is 0 Å². The van der Waals surface area contributed by atoms with Gasteiger partial charge in [0.05, 0.1) is 7.11 Å². The Bertz CT molecular complexity index is 777. The van der Waals surface area contributed by atoms with Gasteiger partial charge in [-0.05, 0) is 6.42 Å². The standard InChI is InChI=1S/C17H18N4O3/c1-21(10-13(22)24-2)16-12-8-9-18-17(23)14(12)19-15(20-16)11-6-4-3-5-7-11/h3-7H,8-10H2,1-2H3,(H,18,23). The number of amides is 1. The van der Waals surface area contributed by atoms with E-state index in [1.54, 1.807) is 11.9 Å². The van der Waals surface area contributed by atoms with Gasteiger partial charge in [0.15, 0.2) is 5.82 Å². The average Bonchev–Trinajstić information content (AvgIpc) is 2.62. The molecular weight excluding hydrogens is 308 g/mol. The van der Waals surface area contributed by atoms with E-state index in [0.29, 0.717) is 30.3 Å². The molecule has 3 rings (SSSR count). The van der Waals surface area contributed by atoms with Crippen LogP contribution in [-0.2, 0) is 16.0 Å². The molecule has 0 aliphatic carbocycles. The fourth-order valence-corrected chi connectivity index (χ4v) is 2.64. The van der Waals surface area contributed by atoms with Crippen LogP contribution in [0.1, 0.15) is 16.1 Å². The quantitative estimate of drug-likeness (QED) is 0.845. The van der Waals surface area contributed by atoms with E-state index < -0.39 is 0 Å². The van der Waals surface area contributed by atoms with Crippen molar-refractivity contribution >= 4 is 17.7 Å². The van der Waals surface area contributed by atoms with Crippen molar-refractivity contribution in [2.45, 2.75) is 6.42 Å². The third kappa shape index (κ3) is 3.05. The maximum atomic E-state index is 12.2. The molecule has 0 saturated carbocycles. The SMILES string of the molecule is COC(=O)CN(C)c1nc(-c2ccccc2)nc2c1CCNC2=O. The maximum Gasteiger partial charge on any atom is 0.325 e. The Balaban J connectivity index is 2.10. The molecule has 0 saturated heterocycles. The molecule has 1 aliphatic heterocycles. The Hall–Kier alpha value is -2.96. The number of carbonyl (C=O) groups is 2. The van der Waals surface area contributed by atoms with Gasteiger partial charge in [-0.3, -0.25) is 9.59 Å². The highest BCUT2D eigenvalue weighted by Crippen LogP contribution is 2.26. The summed E-state index contributed by atoms with van der Waals surface area (Å²) in [5, 5.41) is 2.80. The van der Waals surface area contributed by atoms with Gasteiger partial charge in [0, 0.05) is 24.7 Å². The third-order valence-electron chi connectivity index (χ3n) is 3.85. The van der Waals surface area contributed by atoms with Gasteiger partial charge in [-0.15, -0.1) is 0 Å². The zero-order valence-electron chi connectivity index (χ0n) is 13.6. The number of hydrogen-bond acceptors (Lipinski definition) is 6. The number of nitrogens with zero attached hydrogens (tertiary/aromatic N) is 3. The van der Waals surface area contributed by atoms with E-state index in [2.05, 4.69) is 15.3 Å². The summed E-state index contributed by atoms with van der Waals surface area (Å²) in [6, 6.07) is 9.43. The van der Waals surface area contributed by atoms with Crippen LogP contribution in [0.2, 0.25) is 0 Å². The summed E-state index contributed by atoms with van der Waals surface area (Å²) in [6.07, 6.45) is 0.622. The molecule has 0 unspecified atom stereocenters. The van der Waals surface area contributed by atoms with Crippen molar-refractivity contribution in [1.82, 2.24) is 15.3 Å². The van der Waals surface area contributed by atoms with E-state index in [9.17, 15) is 9.59 Å². The lowest BCUT2D eigenvalue weighted by Gasteiger charge is -2.24. The number of nitrogens with one attached hydrogen (secondary N) is 1. The number of hydrogen-bond donors (Lipinski definition) is 1. The number of benzene rings is 1. The molecule has 1 aliphatic rings. The number of carbonyl (C=O) groups excluding carboxylic acids is 2. The second-order valence-electron chi connectivity index (χ2n) is 5.50. The van der Waals surface area contributed by atoms with E-state index in [1.165, 1.54) is 7.11 Å². The number of fused-ring (bicyclic) bond motifs is 1. The number of ether oxygens (including phenoxy) is 1. The van der Waals surface area contributed by atoms with Crippen molar-refractivity contribution in [3.8, 4) is 11.4 Å². The topological polar surface area (TPSA) is 84.4 Å². The van der Waals surface area contributed by atoms with Gasteiger partial charge >= 0.3 is 5.97 Å². The first kappa shape index (κ1) is 15.9. The predicted octanol–water partition coefficient (Wildman–Crippen LogP) is 1.04. The van der Waals surface area contributed by atoms with Crippen LogP contribution in [0.3, 0.4) is 0 Å². The molecule has 0 bridgehead atoms. The first-order chi connectivity index (χ1) is 11.6. The molecule has 124 valence electrons. The molecule has 0 radical (unpaired) electrons. The maximum absolute atomic E-state index is 12.2. The Morgan fingerprint density at radius 1 is 1.29 bits per heavy atom. The number of anilines is 1. The average molecular weight is 326 g/mol. The van der Waals surface area contributed by atoms with Crippen LogP contribution < -0.4 is 10.2 Å². The largest absolute Gasteiger partial charge is 0.468 e. The van der Waals surface area contributed by atoms with E-state index in [-0.39, 0.29) is 18.4 Å². The highest BCUT2D eigenvalue weighted by atomic mass is 16.5. The molecule has 24 heavy (non-hydrogen) atoms. The van der Waals surface area contributed by atoms with E-state index in [1.807, 2.05) is 30.3 Å². The minimum atomic E-state index is -0.369. The van der Waals surface area contributed by atoms with E-state index in [4.69, 9.17) is 4.74 Å². The number of esters is 1. The molecule has 2 aromatic rings. The predicted molar refractivity (Wildman–Crippen MR) is 88.8 cm³/mol. The fraction of sp³-hybridized carbons (Fsp3) is 0.294. The zero-order chi connectivity index (χ0) is 17.1. The molecule has 0 fully saturated rings. The Labute approximate surface area is 139 Å². The van der Waals surface area contributed by atoms with Crippen molar-refractivity contribution in [3.05, 3.63) is 41.6 Å². The summed E-state index contributed by atoms with van der Waals surface area (Å²) in [4.78, 5) is 34.5. The van der Waals surface area contributed by atoms with E-state index >= 15 is 0 Å². The second-order valence-corrected chi connectivity index (χ2v) is 5.50. The monoisotopic (exact) mass is 326 g/mol. The molecule has 7 heteroatoms. The first-order valence-corrected chi connectivity index (χ1v) is 7.62. The summed E-state index contributed by atoms with van der Waals surface area (Å²) in [5.74, 6) is 0.451. The lowest BCUT2D eigenvalue weighted by Crippen LogP contribution is -2.36. The summed E-state index contributed by atoms with van der Waals surface area (Å²) in [7, 11) is 3.09. The Morgan fingerprint density at radius 2 is 2.04 bits per heavy atom. The molecule has 1 amide bonds. The van der Waals surface area contributed by atoms with Gasteiger partial charge in [-0.1, -0.05) is 30.3 Å². The van der Waals surface area contributed by atoms with Gasteiger partial charge in [0.25, 0.3) is 5.91 Å². The summed E-state index contributed by atoms with van der Waals surface area (Å²) < 4.78 is 4.72. The third-order valence-corrected chi connectivity index (χ3v) is 3.85. The van der Waals surface area contributed by atoms with Crippen molar-refractivity contribution in [1.29, 1.82) is 0 Å². The molecule has 0 atom stereocenters. The van der Waals surface area contributed by atoms with Crippen LogP contribution in [0.4, 0.5) is 5.82 Å². The number of aromatic nitrogens is 2. The van der Waals surface area contributed by atoms with Crippen LogP contribution in [0.25, 0.3) is 11.4 Å². The molecule has 1 aromatic carbocycles. The fourth-order valence-electron chi connectivity index (χ4n) is 2.64. The lowest BCUT2D eigenvalue weighted by atomic mass is 10.1. The summed E-state index contributed by atoms with van der Waals surface area (Å²) in [6.45, 7) is 0.578. The Kier molecular flexibility index (Phi) is 4.41. The van der Waals surface area contributed by atoms with Crippen LogP contribution >= 0.6 is 0 Å². The van der Waals surface area contributed by atoms with Crippen LogP contribution in [-0.4, -0.2) is 49.1 Å². The van der Waals surface area contributed by atoms with Crippen LogP contribution in [0.5, 0.6) is 0 Å². The van der Waals surface area contributed by atoms with Crippen molar-refractivity contribution in [2.24, 2.45) is 0 Å². The molecule has 1 N–H and O–H groups in total. The zero-order valence-corrected chi connectivity index (χ0v) is 13.6. The highest BCUT2D eigenvalue weighted by molar-refractivity contribution is 5.96. The first-order valence-electron chi connectivity index (χ1n) is 7.62. The molecule has 2 heterocycles. The van der Waals surface area contributed by atoms with Gasteiger partial charge in [-0.2, -0.15) is 0 Å². The Morgan fingerprint density at radius 3 is 2.75 bits per heavy atom. The van der Waals surface area contributed by atoms with Gasteiger partial charge in [-0.25, -0.2) is 9.97 Å². The summed E-state index contributed by atoms with van der Waals surface area (Å²) in [5.41, 5.74) is 1.93. The van der Waals surface area contributed by atoms with Crippen molar-refractivity contribution < 1.29 is 14.3 Å². The lowest BCUT2D eigenvalue weighted by molar-refractivity contribution is -0.138. The molecule has 1 aromatic heterocycles. The van der Waals surface area contributed by atoms with Crippen molar-refractivity contribution in [2.75, 3.05) is 32.1 Å². The van der Waals surface area contributed by atoms with Crippen LogP contribution in [0.15, 0.2) is 30.3 Å². The van der Waals surface area contributed by atoms with Gasteiger partial charge in [0.2, 0.25) is 0 Å². The minimum absolute atomic E-state index is 0.0514. The van der Waals surface area contributed by atoms with Gasteiger partial charge < -0.3 is 15.0 Å². The number of rotatable bonds is 4. The molecule has 0 spiro atoms. The van der Waals surface area contributed by atoms with Crippen LogP contribution in [0, 0.1) is 0 Å². The van der Waals surface area contributed by atoms with Gasteiger partial charge in [0.1, 0.15) is 18.1 Å².